The fourth-order valence-corrected chi connectivity index (χ4v) is 1.93. The Morgan fingerprint density at radius 1 is 1.28 bits per heavy atom. The van der Waals surface area contributed by atoms with Gasteiger partial charge in [0, 0.05) is 6.54 Å². The average molecular weight is 245 g/mol. The monoisotopic (exact) mass is 245 g/mol. The highest BCUT2D eigenvalue weighted by molar-refractivity contribution is 5.57. The fourth-order valence-electron chi connectivity index (χ4n) is 1.93. The molecule has 0 bridgehead atoms. The van der Waals surface area contributed by atoms with Crippen LogP contribution < -0.4 is 5.32 Å². The van der Waals surface area contributed by atoms with Crippen LogP contribution in [0.3, 0.4) is 0 Å². The van der Waals surface area contributed by atoms with Crippen molar-refractivity contribution in [1.29, 1.82) is 0 Å². The van der Waals surface area contributed by atoms with Gasteiger partial charge in [-0.05, 0) is 43.9 Å². The second-order valence-corrected chi connectivity index (χ2v) is 5.54. The molecule has 0 saturated heterocycles. The minimum absolute atomic E-state index is 0.712. The topological polar surface area (TPSA) is 12.0 Å². The lowest BCUT2D eigenvalue weighted by molar-refractivity contribution is 0.569. The number of nitrogens with one attached hydrogen (secondary N) is 1. The number of benzene rings is 1. The van der Waals surface area contributed by atoms with Crippen LogP contribution in [0.2, 0.25) is 0 Å². The molecule has 1 N–H and O–H groups in total. The summed E-state index contributed by atoms with van der Waals surface area (Å²) >= 11 is 0. The molecular formula is C17H27N. The lowest BCUT2D eigenvalue weighted by atomic mass is 10.0. The van der Waals surface area contributed by atoms with Gasteiger partial charge in [0.15, 0.2) is 0 Å². The van der Waals surface area contributed by atoms with E-state index in [9.17, 15) is 0 Å². The molecule has 0 saturated carbocycles. The minimum Gasteiger partial charge on any atom is -0.313 e. The van der Waals surface area contributed by atoms with E-state index in [2.05, 4.69) is 64.2 Å². The van der Waals surface area contributed by atoms with Crippen LogP contribution >= 0.6 is 0 Å². The third kappa shape index (κ3) is 5.05. The summed E-state index contributed by atoms with van der Waals surface area (Å²) in [5, 5.41) is 3.52. The van der Waals surface area contributed by atoms with Gasteiger partial charge in [0.2, 0.25) is 0 Å². The van der Waals surface area contributed by atoms with Gasteiger partial charge in [-0.3, -0.25) is 0 Å². The first-order valence-electron chi connectivity index (χ1n) is 7.00. The molecule has 18 heavy (non-hydrogen) atoms. The molecule has 0 spiro atoms. The Balaban J connectivity index is 2.74. The van der Waals surface area contributed by atoms with Gasteiger partial charge in [-0.25, -0.2) is 0 Å². The molecule has 1 aromatic rings. The summed E-state index contributed by atoms with van der Waals surface area (Å²) in [5.41, 5.74) is 5.52. The van der Waals surface area contributed by atoms with E-state index in [1.807, 2.05) is 0 Å². The first-order valence-corrected chi connectivity index (χ1v) is 7.00. The van der Waals surface area contributed by atoms with Gasteiger partial charge < -0.3 is 5.32 Å². The summed E-state index contributed by atoms with van der Waals surface area (Å²) in [6.45, 7) is 13.1. The Morgan fingerprint density at radius 3 is 2.61 bits per heavy atom. The van der Waals surface area contributed by atoms with E-state index in [4.69, 9.17) is 0 Å². The third-order valence-electron chi connectivity index (χ3n) is 3.15. The molecule has 1 heteroatoms. The Hall–Kier alpha value is -1.08. The normalized spacial score (nSPS) is 12.2. The quantitative estimate of drug-likeness (QED) is 0.786. The van der Waals surface area contributed by atoms with Crippen LogP contribution in [0, 0.1) is 19.8 Å². The number of hydrogen-bond donors (Lipinski definition) is 1. The summed E-state index contributed by atoms with van der Waals surface area (Å²) in [4.78, 5) is 0. The molecule has 0 fully saturated rings. The Kier molecular flexibility index (Phi) is 6.14. The van der Waals surface area contributed by atoms with Gasteiger partial charge >= 0.3 is 0 Å². The van der Waals surface area contributed by atoms with E-state index in [0.717, 1.165) is 19.5 Å². The Bertz CT molecular complexity index is 402. The SMILES string of the molecule is CCC(=Cc1cc(C)ccc1C)CNCC(C)C. The van der Waals surface area contributed by atoms with Gasteiger partial charge in [0.1, 0.15) is 0 Å². The van der Waals surface area contributed by atoms with E-state index in [-0.39, 0.29) is 0 Å². The predicted molar refractivity (Wildman–Crippen MR) is 81.9 cm³/mol. The lowest BCUT2D eigenvalue weighted by Crippen LogP contribution is -2.21. The Morgan fingerprint density at radius 2 is 2.00 bits per heavy atom. The molecule has 1 nitrogen and oxygen atoms in total. The van der Waals surface area contributed by atoms with E-state index in [1.165, 1.54) is 22.3 Å². The van der Waals surface area contributed by atoms with Crippen LogP contribution in [0.1, 0.15) is 43.9 Å². The maximum Gasteiger partial charge on any atom is 0.0167 e. The standard InChI is InChI=1S/C17H27N/c1-6-16(12-18-11-13(2)3)10-17-9-14(4)7-8-15(17)5/h7-10,13,18H,6,11-12H2,1-5H3. The second-order valence-electron chi connectivity index (χ2n) is 5.54. The number of hydrogen-bond acceptors (Lipinski definition) is 1. The van der Waals surface area contributed by atoms with Gasteiger partial charge in [-0.2, -0.15) is 0 Å². The maximum absolute atomic E-state index is 3.52. The van der Waals surface area contributed by atoms with Gasteiger partial charge in [-0.15, -0.1) is 0 Å². The highest BCUT2D eigenvalue weighted by atomic mass is 14.9. The van der Waals surface area contributed by atoms with Crippen molar-refractivity contribution in [3.8, 4) is 0 Å². The van der Waals surface area contributed by atoms with Crippen LogP contribution in [0.4, 0.5) is 0 Å². The van der Waals surface area contributed by atoms with Crippen LogP contribution in [0.15, 0.2) is 23.8 Å². The highest BCUT2D eigenvalue weighted by Crippen LogP contribution is 2.15. The van der Waals surface area contributed by atoms with Crippen molar-refractivity contribution in [1.82, 2.24) is 5.32 Å². The molecule has 0 heterocycles. The van der Waals surface area contributed by atoms with Crippen molar-refractivity contribution < 1.29 is 0 Å². The van der Waals surface area contributed by atoms with Crippen molar-refractivity contribution in [2.45, 2.75) is 41.0 Å². The highest BCUT2D eigenvalue weighted by Gasteiger charge is 2.00. The molecule has 0 aromatic heterocycles. The first-order chi connectivity index (χ1) is 8.52. The molecule has 1 aromatic carbocycles. The zero-order valence-corrected chi connectivity index (χ0v) is 12.5. The summed E-state index contributed by atoms with van der Waals surface area (Å²) in [5.74, 6) is 0.712. The average Bonchev–Trinajstić information content (AvgIpc) is 2.32. The molecule has 0 aliphatic carbocycles. The van der Waals surface area contributed by atoms with Crippen LogP contribution in [-0.2, 0) is 0 Å². The molecule has 100 valence electrons. The summed E-state index contributed by atoms with van der Waals surface area (Å²) < 4.78 is 0. The molecule has 0 unspecified atom stereocenters. The lowest BCUT2D eigenvalue weighted by Gasteiger charge is -2.10. The Labute approximate surface area is 112 Å². The summed E-state index contributed by atoms with van der Waals surface area (Å²) in [6.07, 6.45) is 3.45. The van der Waals surface area contributed by atoms with Gasteiger partial charge in [0.25, 0.3) is 0 Å². The molecule has 0 aliphatic rings. The zero-order chi connectivity index (χ0) is 13.5. The molecular weight excluding hydrogens is 218 g/mol. The van der Waals surface area contributed by atoms with E-state index in [0.29, 0.717) is 5.92 Å². The molecule has 0 aliphatic heterocycles. The molecule has 0 amide bonds. The van der Waals surface area contributed by atoms with Crippen molar-refractivity contribution in [2.24, 2.45) is 5.92 Å². The second kappa shape index (κ2) is 7.38. The summed E-state index contributed by atoms with van der Waals surface area (Å²) in [6, 6.07) is 6.65. The van der Waals surface area contributed by atoms with Crippen molar-refractivity contribution in [3.05, 3.63) is 40.5 Å². The number of rotatable bonds is 6. The van der Waals surface area contributed by atoms with Gasteiger partial charge in [-0.1, -0.05) is 56.2 Å². The van der Waals surface area contributed by atoms with E-state index in [1.54, 1.807) is 0 Å². The van der Waals surface area contributed by atoms with Crippen LogP contribution in [0.25, 0.3) is 6.08 Å². The predicted octanol–water partition coefficient (Wildman–Crippen LogP) is 4.34. The summed E-state index contributed by atoms with van der Waals surface area (Å²) in [7, 11) is 0. The third-order valence-corrected chi connectivity index (χ3v) is 3.15. The zero-order valence-electron chi connectivity index (χ0n) is 12.5. The van der Waals surface area contributed by atoms with Crippen molar-refractivity contribution >= 4 is 6.08 Å². The van der Waals surface area contributed by atoms with E-state index < -0.39 is 0 Å². The van der Waals surface area contributed by atoms with Crippen molar-refractivity contribution in [3.63, 3.8) is 0 Å². The van der Waals surface area contributed by atoms with Crippen molar-refractivity contribution in [2.75, 3.05) is 13.1 Å². The molecule has 1 rings (SSSR count). The first kappa shape index (κ1) is 15.0. The van der Waals surface area contributed by atoms with Gasteiger partial charge in [0.05, 0.1) is 0 Å². The molecule has 0 atom stereocenters. The largest absolute Gasteiger partial charge is 0.313 e. The molecule has 0 radical (unpaired) electrons. The number of aryl methyl sites for hydroxylation is 2. The van der Waals surface area contributed by atoms with Crippen LogP contribution in [0.5, 0.6) is 0 Å². The minimum atomic E-state index is 0.712. The smallest absolute Gasteiger partial charge is 0.0167 e. The van der Waals surface area contributed by atoms with Crippen LogP contribution in [-0.4, -0.2) is 13.1 Å². The maximum atomic E-state index is 3.52. The van der Waals surface area contributed by atoms with E-state index >= 15 is 0 Å². The fraction of sp³-hybridized carbons (Fsp3) is 0.529.